The van der Waals surface area contributed by atoms with Crippen molar-refractivity contribution in [2.75, 3.05) is 16.8 Å². The van der Waals surface area contributed by atoms with Gasteiger partial charge >= 0.3 is 0 Å². The summed E-state index contributed by atoms with van der Waals surface area (Å²) in [6, 6.07) is 15.1. The van der Waals surface area contributed by atoms with Crippen molar-refractivity contribution in [3.05, 3.63) is 86.3 Å². The Labute approximate surface area is 180 Å². The van der Waals surface area contributed by atoms with Crippen molar-refractivity contribution in [3.8, 4) is 0 Å². The van der Waals surface area contributed by atoms with E-state index >= 15 is 0 Å². The number of rotatable bonds is 4. The van der Waals surface area contributed by atoms with Crippen LogP contribution in [0.5, 0.6) is 0 Å². The lowest BCUT2D eigenvalue weighted by atomic mass is 10.0. The number of hydrogen-bond acceptors (Lipinski definition) is 4. The number of carbonyl (C=O) groups is 1. The number of benzene rings is 2. The molecule has 154 valence electrons. The normalized spacial score (nSPS) is 13.1. The highest BCUT2D eigenvalue weighted by Crippen LogP contribution is 2.26. The van der Waals surface area contributed by atoms with E-state index in [2.05, 4.69) is 27.3 Å². The molecule has 2 heterocycles. The molecule has 0 unspecified atom stereocenters. The van der Waals surface area contributed by atoms with Crippen LogP contribution in [0.25, 0.3) is 0 Å². The molecule has 7 heteroatoms. The van der Waals surface area contributed by atoms with Gasteiger partial charge in [0.25, 0.3) is 5.56 Å². The molecule has 4 rings (SSSR count). The average Bonchev–Trinajstić information content (AvgIpc) is 2.72. The third-order valence-electron chi connectivity index (χ3n) is 5.32. The first-order valence-electron chi connectivity index (χ1n) is 9.87. The fraction of sp³-hybridized carbons (Fsp3) is 0.261. The molecule has 0 radical (unpaired) electrons. The van der Waals surface area contributed by atoms with Crippen LogP contribution in [0.2, 0.25) is 5.02 Å². The second-order valence-corrected chi connectivity index (χ2v) is 7.95. The van der Waals surface area contributed by atoms with Gasteiger partial charge in [0.15, 0.2) is 0 Å². The van der Waals surface area contributed by atoms with Crippen molar-refractivity contribution in [1.82, 2.24) is 9.55 Å². The maximum Gasteiger partial charge on any atom is 0.255 e. The van der Waals surface area contributed by atoms with Gasteiger partial charge in [-0.2, -0.15) is 0 Å². The number of hydrogen-bond donors (Lipinski definition) is 1. The van der Waals surface area contributed by atoms with E-state index in [0.29, 0.717) is 28.9 Å². The van der Waals surface area contributed by atoms with E-state index in [4.69, 9.17) is 11.6 Å². The van der Waals surface area contributed by atoms with Crippen molar-refractivity contribution in [3.63, 3.8) is 0 Å². The Morgan fingerprint density at radius 3 is 2.67 bits per heavy atom. The number of nitrogens with one attached hydrogen (secondary N) is 1. The Morgan fingerprint density at radius 2 is 1.90 bits per heavy atom. The fourth-order valence-corrected chi connectivity index (χ4v) is 4.04. The summed E-state index contributed by atoms with van der Waals surface area (Å²) < 4.78 is 1.43. The van der Waals surface area contributed by atoms with E-state index in [9.17, 15) is 9.59 Å². The van der Waals surface area contributed by atoms with Gasteiger partial charge in [-0.3, -0.25) is 14.2 Å². The SMILES string of the molecule is Cc1cc(=O)n(CC(=O)Nc2c(C)cccc2Cl)c(N2CCc3ccccc3C2)n1. The van der Waals surface area contributed by atoms with E-state index < -0.39 is 0 Å². The number of fused-ring (bicyclic) bond motifs is 1. The zero-order valence-corrected chi connectivity index (χ0v) is 17.7. The summed E-state index contributed by atoms with van der Waals surface area (Å²) in [6.07, 6.45) is 0.866. The molecule has 3 aromatic rings. The summed E-state index contributed by atoms with van der Waals surface area (Å²) in [5, 5.41) is 3.30. The van der Waals surface area contributed by atoms with Crippen molar-refractivity contribution in [1.29, 1.82) is 0 Å². The number of aryl methyl sites for hydroxylation is 2. The Morgan fingerprint density at radius 1 is 1.13 bits per heavy atom. The van der Waals surface area contributed by atoms with Gasteiger partial charge in [-0.25, -0.2) is 4.98 Å². The summed E-state index contributed by atoms with van der Waals surface area (Å²) in [4.78, 5) is 32.2. The van der Waals surface area contributed by atoms with Crippen LogP contribution in [0.1, 0.15) is 22.4 Å². The van der Waals surface area contributed by atoms with Crippen LogP contribution in [0.4, 0.5) is 11.6 Å². The Kier molecular flexibility index (Phi) is 5.59. The highest BCUT2D eigenvalue weighted by atomic mass is 35.5. The van der Waals surface area contributed by atoms with E-state index in [1.807, 2.05) is 31.2 Å². The summed E-state index contributed by atoms with van der Waals surface area (Å²) in [5.74, 6) is 0.193. The molecular formula is C23H23ClN4O2. The second-order valence-electron chi connectivity index (χ2n) is 7.54. The van der Waals surface area contributed by atoms with Crippen LogP contribution in [0.15, 0.2) is 53.3 Å². The zero-order valence-electron chi connectivity index (χ0n) is 17.0. The third kappa shape index (κ3) is 4.09. The van der Waals surface area contributed by atoms with Crippen molar-refractivity contribution in [2.24, 2.45) is 0 Å². The second kappa shape index (κ2) is 8.32. The van der Waals surface area contributed by atoms with Crippen molar-refractivity contribution in [2.45, 2.75) is 33.4 Å². The molecule has 1 aliphatic heterocycles. The number of para-hydroxylation sites is 1. The molecule has 6 nitrogen and oxygen atoms in total. The standard InChI is InChI=1S/C23H23ClN4O2/c1-15-6-5-9-19(24)22(15)26-20(29)14-28-21(30)12-16(2)25-23(28)27-11-10-17-7-3-4-8-18(17)13-27/h3-9,12H,10-11,13-14H2,1-2H3,(H,26,29). The van der Waals surface area contributed by atoms with Gasteiger partial charge in [-0.15, -0.1) is 0 Å². The maximum absolute atomic E-state index is 12.8. The lowest BCUT2D eigenvalue weighted by Gasteiger charge is -2.31. The monoisotopic (exact) mass is 422 g/mol. The number of anilines is 2. The Balaban J connectivity index is 1.63. The van der Waals surface area contributed by atoms with Gasteiger partial charge in [0.2, 0.25) is 11.9 Å². The third-order valence-corrected chi connectivity index (χ3v) is 5.63. The predicted molar refractivity (Wildman–Crippen MR) is 119 cm³/mol. The molecule has 1 N–H and O–H groups in total. The van der Waals surface area contributed by atoms with Crippen LogP contribution >= 0.6 is 11.6 Å². The number of nitrogens with zero attached hydrogens (tertiary/aromatic N) is 3. The summed E-state index contributed by atoms with van der Waals surface area (Å²) in [7, 11) is 0. The molecule has 0 bridgehead atoms. The van der Waals surface area contributed by atoms with Gasteiger partial charge in [-0.1, -0.05) is 48.0 Å². The summed E-state index contributed by atoms with van der Waals surface area (Å²) >= 11 is 6.23. The molecule has 0 saturated carbocycles. The zero-order chi connectivity index (χ0) is 21.3. The molecular weight excluding hydrogens is 400 g/mol. The molecule has 0 aliphatic carbocycles. The first-order chi connectivity index (χ1) is 14.4. The lowest BCUT2D eigenvalue weighted by molar-refractivity contribution is -0.116. The largest absolute Gasteiger partial charge is 0.337 e. The summed E-state index contributed by atoms with van der Waals surface area (Å²) in [6.45, 7) is 4.91. The molecule has 30 heavy (non-hydrogen) atoms. The van der Waals surface area contributed by atoms with Crippen LogP contribution in [0, 0.1) is 13.8 Å². The van der Waals surface area contributed by atoms with Gasteiger partial charge in [0.05, 0.1) is 10.7 Å². The average molecular weight is 423 g/mol. The van der Waals surface area contributed by atoms with E-state index in [0.717, 1.165) is 18.5 Å². The number of carbonyl (C=O) groups excluding carboxylic acids is 1. The first-order valence-corrected chi connectivity index (χ1v) is 10.3. The molecule has 0 spiro atoms. The quantitative estimate of drug-likeness (QED) is 0.695. The van der Waals surface area contributed by atoms with Crippen molar-refractivity contribution >= 4 is 29.1 Å². The van der Waals surface area contributed by atoms with Gasteiger partial charge < -0.3 is 10.2 Å². The van der Waals surface area contributed by atoms with Gasteiger partial charge in [-0.05, 0) is 43.0 Å². The van der Waals surface area contributed by atoms with E-state index in [1.54, 1.807) is 13.0 Å². The molecule has 1 aromatic heterocycles. The Bertz CT molecular complexity index is 1150. The lowest BCUT2D eigenvalue weighted by Crippen LogP contribution is -2.38. The first kappa shape index (κ1) is 20.2. The topological polar surface area (TPSA) is 67.2 Å². The molecule has 0 saturated heterocycles. The van der Waals surface area contributed by atoms with Gasteiger partial charge in [0.1, 0.15) is 6.54 Å². The van der Waals surface area contributed by atoms with Crippen LogP contribution < -0.4 is 15.8 Å². The number of halogens is 1. The van der Waals surface area contributed by atoms with Gasteiger partial charge in [0, 0.05) is 24.8 Å². The maximum atomic E-state index is 12.8. The molecule has 1 amide bonds. The minimum Gasteiger partial charge on any atom is -0.337 e. The smallest absolute Gasteiger partial charge is 0.255 e. The Hall–Kier alpha value is -3.12. The molecule has 1 aliphatic rings. The van der Waals surface area contributed by atoms with Crippen LogP contribution in [-0.2, 0) is 24.3 Å². The molecule has 2 aromatic carbocycles. The minimum absolute atomic E-state index is 0.135. The van der Waals surface area contributed by atoms with E-state index in [1.165, 1.54) is 21.8 Å². The minimum atomic E-state index is -0.322. The fourth-order valence-electron chi connectivity index (χ4n) is 3.77. The highest BCUT2D eigenvalue weighted by Gasteiger charge is 2.22. The number of amides is 1. The predicted octanol–water partition coefficient (Wildman–Crippen LogP) is 3.71. The highest BCUT2D eigenvalue weighted by molar-refractivity contribution is 6.33. The number of aromatic nitrogens is 2. The van der Waals surface area contributed by atoms with E-state index in [-0.39, 0.29) is 18.0 Å². The van der Waals surface area contributed by atoms with Crippen molar-refractivity contribution < 1.29 is 4.79 Å². The summed E-state index contributed by atoms with van der Waals surface area (Å²) in [5.41, 5.74) is 4.32. The molecule has 0 fully saturated rings. The van der Waals surface area contributed by atoms with Crippen LogP contribution in [0.3, 0.4) is 0 Å². The van der Waals surface area contributed by atoms with Crippen LogP contribution in [-0.4, -0.2) is 22.0 Å². The molecule has 0 atom stereocenters.